The summed E-state index contributed by atoms with van der Waals surface area (Å²) < 4.78 is 2.63. The summed E-state index contributed by atoms with van der Waals surface area (Å²) in [4.78, 5) is 0. The molecule has 0 saturated heterocycles. The molecule has 1 N–H and O–H groups in total. The molecule has 3 heteroatoms. The van der Waals surface area contributed by atoms with Crippen molar-refractivity contribution in [1.82, 2.24) is 0 Å². The summed E-state index contributed by atoms with van der Waals surface area (Å²) in [5, 5.41) is 15.7. The molecule has 1 aromatic heterocycles. The van der Waals surface area contributed by atoms with Gasteiger partial charge in [-0.1, -0.05) is 48.0 Å². The average Bonchev–Trinajstić information content (AvgIpc) is 3.14. The number of hydrogen-bond donors (Lipinski definition) is 1. The van der Waals surface area contributed by atoms with Gasteiger partial charge in [0.2, 0.25) is 0 Å². The summed E-state index contributed by atoms with van der Waals surface area (Å²) in [6, 6.07) is 21.6. The van der Waals surface area contributed by atoms with E-state index in [0.29, 0.717) is 11.8 Å². The molecule has 0 atom stereocenters. The van der Waals surface area contributed by atoms with Crippen molar-refractivity contribution in [2.24, 2.45) is 23.7 Å². The van der Waals surface area contributed by atoms with Gasteiger partial charge in [-0.2, -0.15) is 0 Å². The van der Waals surface area contributed by atoms with Crippen LogP contribution in [0.2, 0.25) is 5.02 Å². The summed E-state index contributed by atoms with van der Waals surface area (Å²) in [6.07, 6.45) is 6.00. The van der Waals surface area contributed by atoms with Gasteiger partial charge in [-0.3, -0.25) is 0 Å². The third-order valence-electron chi connectivity index (χ3n) is 8.48. The Kier molecular flexibility index (Phi) is 3.96. The Hall–Kier alpha value is -1.87. The molecular formula is C28H25ClOS. The van der Waals surface area contributed by atoms with Crippen LogP contribution in [0.4, 0.5) is 0 Å². The fourth-order valence-electron chi connectivity index (χ4n) is 7.38. The highest BCUT2D eigenvalue weighted by Gasteiger charge is 2.58. The van der Waals surface area contributed by atoms with Crippen LogP contribution in [0, 0.1) is 23.7 Å². The van der Waals surface area contributed by atoms with Crippen LogP contribution in [-0.2, 0) is 5.60 Å². The lowest BCUT2D eigenvalue weighted by Gasteiger charge is -2.59. The van der Waals surface area contributed by atoms with E-state index in [2.05, 4.69) is 48.5 Å². The van der Waals surface area contributed by atoms with Crippen LogP contribution in [0.3, 0.4) is 0 Å². The zero-order valence-corrected chi connectivity index (χ0v) is 18.9. The average molecular weight is 445 g/mol. The minimum atomic E-state index is -0.799. The van der Waals surface area contributed by atoms with Crippen molar-refractivity contribution in [3.8, 4) is 11.1 Å². The van der Waals surface area contributed by atoms with E-state index in [9.17, 15) is 5.11 Å². The maximum absolute atomic E-state index is 12.3. The summed E-state index contributed by atoms with van der Waals surface area (Å²) in [5.74, 6) is 2.30. The predicted molar refractivity (Wildman–Crippen MR) is 131 cm³/mol. The smallest absolute Gasteiger partial charge is 0.0973 e. The first-order valence-corrected chi connectivity index (χ1v) is 12.7. The molecule has 0 amide bonds. The van der Waals surface area contributed by atoms with E-state index < -0.39 is 5.60 Å². The fraction of sp³-hybridized carbons (Fsp3) is 0.357. The molecule has 0 spiro atoms. The van der Waals surface area contributed by atoms with Crippen molar-refractivity contribution in [3.05, 3.63) is 71.2 Å². The van der Waals surface area contributed by atoms with Crippen molar-refractivity contribution in [2.45, 2.75) is 37.7 Å². The quantitative estimate of drug-likeness (QED) is 0.332. The van der Waals surface area contributed by atoms with Crippen LogP contribution in [-0.4, -0.2) is 5.11 Å². The van der Waals surface area contributed by atoms with Gasteiger partial charge in [-0.05, 0) is 91.2 Å². The molecule has 4 aliphatic carbocycles. The largest absolute Gasteiger partial charge is 0.385 e. The SMILES string of the molecule is OC1(c2c(Cl)cccc2-c2ccc3sc4ccccc4c3c2)C2CC3CC(C2)CC1C3. The number of aliphatic hydroxyl groups is 1. The number of fused-ring (bicyclic) bond motifs is 3. The topological polar surface area (TPSA) is 20.2 Å². The standard InChI is InChI=1S/C28H25ClOS/c29-24-6-3-5-21(18-8-9-26-23(15-18)22-4-1-2-7-25(22)31-26)27(24)28(30)19-11-16-10-17(13-19)14-20(28)12-16/h1-9,15-17,19-20,30H,10-14H2. The van der Waals surface area contributed by atoms with Gasteiger partial charge in [0, 0.05) is 30.8 Å². The van der Waals surface area contributed by atoms with Crippen LogP contribution < -0.4 is 0 Å². The molecule has 1 heterocycles. The van der Waals surface area contributed by atoms with Crippen LogP contribution in [0.1, 0.15) is 37.7 Å². The van der Waals surface area contributed by atoms with E-state index in [1.807, 2.05) is 23.5 Å². The summed E-state index contributed by atoms with van der Waals surface area (Å²) in [5.41, 5.74) is 2.46. The number of halogens is 1. The summed E-state index contributed by atoms with van der Waals surface area (Å²) >= 11 is 8.74. The number of thiophene rings is 1. The predicted octanol–water partition coefficient (Wildman–Crippen LogP) is 8.02. The molecule has 4 aromatic rings. The van der Waals surface area contributed by atoms with Crippen LogP contribution >= 0.6 is 22.9 Å². The second kappa shape index (κ2) is 6.57. The Morgan fingerprint density at radius 3 is 2.26 bits per heavy atom. The molecule has 4 saturated carbocycles. The number of benzene rings is 3. The molecular weight excluding hydrogens is 420 g/mol. The normalized spacial score (nSPS) is 31.7. The van der Waals surface area contributed by atoms with E-state index in [1.165, 1.54) is 26.6 Å². The van der Waals surface area contributed by atoms with E-state index in [4.69, 9.17) is 11.6 Å². The van der Waals surface area contributed by atoms with Crippen LogP contribution in [0.15, 0.2) is 60.7 Å². The fourth-order valence-corrected chi connectivity index (χ4v) is 8.79. The molecule has 0 unspecified atom stereocenters. The van der Waals surface area contributed by atoms with Crippen molar-refractivity contribution >= 4 is 43.1 Å². The van der Waals surface area contributed by atoms with Gasteiger partial charge >= 0.3 is 0 Å². The summed E-state index contributed by atoms with van der Waals surface area (Å²) in [6.45, 7) is 0. The lowest BCUT2D eigenvalue weighted by Crippen LogP contribution is -2.55. The Bertz CT molecular complexity index is 1310. The Balaban J connectivity index is 1.44. The van der Waals surface area contributed by atoms with Crippen molar-refractivity contribution < 1.29 is 5.11 Å². The minimum Gasteiger partial charge on any atom is -0.385 e. The lowest BCUT2D eigenvalue weighted by molar-refractivity contribution is -0.179. The van der Waals surface area contributed by atoms with Gasteiger partial charge in [0.25, 0.3) is 0 Å². The van der Waals surface area contributed by atoms with E-state index in [-0.39, 0.29) is 0 Å². The molecule has 4 fully saturated rings. The van der Waals surface area contributed by atoms with E-state index >= 15 is 0 Å². The van der Waals surface area contributed by atoms with E-state index in [1.54, 1.807) is 0 Å². The van der Waals surface area contributed by atoms with Crippen LogP contribution in [0.25, 0.3) is 31.3 Å². The third kappa shape index (κ3) is 2.59. The molecule has 0 aliphatic heterocycles. The van der Waals surface area contributed by atoms with Gasteiger partial charge in [0.05, 0.1) is 5.60 Å². The zero-order chi connectivity index (χ0) is 20.7. The molecule has 0 radical (unpaired) electrons. The first-order chi connectivity index (χ1) is 15.1. The van der Waals surface area contributed by atoms with Gasteiger partial charge < -0.3 is 5.11 Å². The molecule has 1 nitrogen and oxygen atoms in total. The lowest BCUT2D eigenvalue weighted by atomic mass is 9.48. The highest BCUT2D eigenvalue weighted by atomic mass is 35.5. The van der Waals surface area contributed by atoms with Gasteiger partial charge in [0.1, 0.15) is 0 Å². The van der Waals surface area contributed by atoms with E-state index in [0.717, 1.165) is 59.2 Å². The van der Waals surface area contributed by atoms with Crippen molar-refractivity contribution in [3.63, 3.8) is 0 Å². The van der Waals surface area contributed by atoms with Gasteiger partial charge in [-0.25, -0.2) is 0 Å². The maximum Gasteiger partial charge on any atom is 0.0973 e. The number of rotatable bonds is 2. The minimum absolute atomic E-state index is 0.341. The molecule has 31 heavy (non-hydrogen) atoms. The second-order valence-electron chi connectivity index (χ2n) is 10.1. The van der Waals surface area contributed by atoms with Gasteiger partial charge in [0.15, 0.2) is 0 Å². The second-order valence-corrected chi connectivity index (χ2v) is 11.6. The van der Waals surface area contributed by atoms with Crippen LogP contribution in [0.5, 0.6) is 0 Å². The molecule has 4 bridgehead atoms. The highest BCUT2D eigenvalue weighted by Crippen LogP contribution is 2.63. The highest BCUT2D eigenvalue weighted by molar-refractivity contribution is 7.25. The first kappa shape index (κ1) is 18.7. The maximum atomic E-state index is 12.3. The Morgan fingerprint density at radius 1 is 0.774 bits per heavy atom. The number of hydrogen-bond acceptors (Lipinski definition) is 2. The molecule has 156 valence electrons. The van der Waals surface area contributed by atoms with Gasteiger partial charge in [-0.15, -0.1) is 11.3 Å². The summed E-state index contributed by atoms with van der Waals surface area (Å²) in [7, 11) is 0. The molecule has 4 aliphatic rings. The molecule has 8 rings (SSSR count). The first-order valence-electron chi connectivity index (χ1n) is 11.5. The van der Waals surface area contributed by atoms with Crippen molar-refractivity contribution in [1.29, 1.82) is 0 Å². The molecule has 3 aromatic carbocycles. The zero-order valence-electron chi connectivity index (χ0n) is 17.4. The van der Waals surface area contributed by atoms with Crippen molar-refractivity contribution in [2.75, 3.05) is 0 Å². The Labute approximate surface area is 191 Å². The Morgan fingerprint density at radius 2 is 1.48 bits per heavy atom. The monoisotopic (exact) mass is 444 g/mol. The third-order valence-corrected chi connectivity index (χ3v) is 9.95.